The fourth-order valence-corrected chi connectivity index (χ4v) is 12.2. The van der Waals surface area contributed by atoms with E-state index in [1.807, 2.05) is 0 Å². The van der Waals surface area contributed by atoms with Gasteiger partial charge in [-0.05, 0) is 161 Å². The van der Waals surface area contributed by atoms with E-state index in [2.05, 4.69) is 149 Å². The zero-order chi connectivity index (χ0) is 76.0. The number of aliphatic hydroxyl groups is 1. The Morgan fingerprint density at radius 3 is 0.808 bits per heavy atom. The van der Waals surface area contributed by atoms with Crippen molar-refractivity contribution in [2.24, 2.45) is 0 Å². The molecule has 0 amide bonds. The molecule has 0 aliphatic rings. The molecule has 3 N–H and O–H groups in total. The summed E-state index contributed by atoms with van der Waals surface area (Å²) in [6.07, 6.45) is 84.5. The highest BCUT2D eigenvalue weighted by Crippen LogP contribution is 2.45. The molecule has 104 heavy (non-hydrogen) atoms. The van der Waals surface area contributed by atoms with Gasteiger partial charge in [-0.1, -0.05) is 271 Å². The van der Waals surface area contributed by atoms with Gasteiger partial charge in [-0.15, -0.1) is 0 Å². The highest BCUT2D eigenvalue weighted by atomic mass is 31.2. The summed E-state index contributed by atoms with van der Waals surface area (Å²) in [5.74, 6) is -2.24. The standard InChI is InChI=1S/C85H146O17P2/c1-5-9-13-17-21-25-29-33-37-38-39-40-44-46-50-54-58-62-66-70-83(88)96-76-81(102-85(90)72-68-64-60-56-52-48-43-36-32-28-24-20-16-12-8-4)78-100-104(93,94)98-74-79(86)73-97-103(91,92)99-77-80(101-84(89)71-67-63-59-55-51-47-42-35-31-27-23-19-15-11-7-3)75-95-82(87)69-65-61-57-53-49-45-41-34-30-26-22-18-14-10-6-2/h9,13,21-22,24-28,31,33-34,36-37,39-41,43,46,50,79-81,86H,5-8,10-12,14-20,23,29-30,32,35,38,42,44-45,47-49,51-78H2,1-4H3,(H,91,92)(H,93,94)/b13-9-,25-21-,26-22-,28-24-,31-27-,37-33-,40-39-,41-34-,43-36-,50-46-/t79-,80+,81+/m0/s1. The van der Waals surface area contributed by atoms with Crippen molar-refractivity contribution < 1.29 is 80.2 Å². The quantitative estimate of drug-likeness (QED) is 0.0169. The number of hydrogen-bond donors (Lipinski definition) is 3. The number of phosphoric acid groups is 2. The smallest absolute Gasteiger partial charge is 0.462 e. The van der Waals surface area contributed by atoms with Crippen molar-refractivity contribution in [2.45, 2.75) is 354 Å². The number of carbonyl (C=O) groups excluding carboxylic acids is 4. The molecule has 0 heterocycles. The van der Waals surface area contributed by atoms with Gasteiger partial charge in [0.1, 0.15) is 19.3 Å². The van der Waals surface area contributed by atoms with E-state index >= 15 is 0 Å². The highest BCUT2D eigenvalue weighted by Gasteiger charge is 2.30. The summed E-state index contributed by atoms with van der Waals surface area (Å²) in [6, 6.07) is 0. The lowest BCUT2D eigenvalue weighted by atomic mass is 10.1. The first-order valence-corrected chi connectivity index (χ1v) is 43.8. The Labute approximate surface area is 632 Å². The van der Waals surface area contributed by atoms with E-state index in [0.29, 0.717) is 25.7 Å². The number of rotatable bonds is 76. The molecule has 0 aromatic rings. The maximum absolute atomic E-state index is 13.1. The number of esters is 4. The molecule has 19 heteroatoms. The largest absolute Gasteiger partial charge is 0.472 e. The van der Waals surface area contributed by atoms with Crippen LogP contribution in [0.15, 0.2) is 122 Å². The fourth-order valence-electron chi connectivity index (χ4n) is 10.7. The summed E-state index contributed by atoms with van der Waals surface area (Å²) in [4.78, 5) is 73.1. The number of unbranched alkanes of at least 4 members (excludes halogenated alkanes) is 30. The first kappa shape index (κ1) is 99.5. The van der Waals surface area contributed by atoms with Crippen LogP contribution in [0, 0.1) is 0 Å². The molecule has 0 bridgehead atoms. The van der Waals surface area contributed by atoms with E-state index in [-0.39, 0.29) is 25.7 Å². The van der Waals surface area contributed by atoms with E-state index in [0.717, 1.165) is 193 Å². The number of carbonyl (C=O) groups is 4. The van der Waals surface area contributed by atoms with Crippen LogP contribution in [0.2, 0.25) is 0 Å². The second-order valence-electron chi connectivity index (χ2n) is 27.0. The first-order chi connectivity index (χ1) is 50.7. The molecule has 0 rings (SSSR count). The lowest BCUT2D eigenvalue weighted by Gasteiger charge is -2.21. The summed E-state index contributed by atoms with van der Waals surface area (Å²) in [5.41, 5.74) is 0. The van der Waals surface area contributed by atoms with Gasteiger partial charge in [0.15, 0.2) is 12.2 Å². The first-order valence-electron chi connectivity index (χ1n) is 40.8. The van der Waals surface area contributed by atoms with E-state index in [1.54, 1.807) is 0 Å². The van der Waals surface area contributed by atoms with Crippen LogP contribution in [0.4, 0.5) is 0 Å². The summed E-state index contributed by atoms with van der Waals surface area (Å²) >= 11 is 0. The lowest BCUT2D eigenvalue weighted by Crippen LogP contribution is -2.30. The normalized spacial score (nSPS) is 14.5. The maximum Gasteiger partial charge on any atom is 0.472 e. The minimum Gasteiger partial charge on any atom is -0.462 e. The van der Waals surface area contributed by atoms with Crippen LogP contribution in [0.25, 0.3) is 0 Å². The molecule has 0 radical (unpaired) electrons. The van der Waals surface area contributed by atoms with Gasteiger partial charge in [0.2, 0.25) is 0 Å². The van der Waals surface area contributed by atoms with Crippen LogP contribution < -0.4 is 0 Å². The maximum atomic E-state index is 13.1. The molecular formula is C85H146O17P2. The number of hydrogen-bond acceptors (Lipinski definition) is 15. The van der Waals surface area contributed by atoms with Crippen molar-refractivity contribution in [2.75, 3.05) is 39.6 Å². The fraction of sp³-hybridized carbons (Fsp3) is 0.718. The molecule has 0 aromatic carbocycles. The second-order valence-corrected chi connectivity index (χ2v) is 29.9. The van der Waals surface area contributed by atoms with Gasteiger partial charge in [0.05, 0.1) is 26.4 Å². The monoisotopic (exact) mass is 1500 g/mol. The van der Waals surface area contributed by atoms with Crippen LogP contribution in [-0.2, 0) is 65.4 Å². The number of ether oxygens (including phenoxy) is 4. The summed E-state index contributed by atoms with van der Waals surface area (Å²) < 4.78 is 68.6. The van der Waals surface area contributed by atoms with Gasteiger partial charge in [-0.3, -0.25) is 37.3 Å². The molecule has 0 saturated carbocycles. The molecule has 17 nitrogen and oxygen atoms in total. The lowest BCUT2D eigenvalue weighted by molar-refractivity contribution is -0.161. The predicted molar refractivity (Wildman–Crippen MR) is 427 cm³/mol. The topological polar surface area (TPSA) is 237 Å². The summed E-state index contributed by atoms with van der Waals surface area (Å²) in [6.45, 7) is 4.65. The Morgan fingerprint density at radius 1 is 0.279 bits per heavy atom. The molecular weight excluding hydrogens is 1350 g/mol. The van der Waals surface area contributed by atoms with E-state index in [4.69, 9.17) is 37.0 Å². The molecule has 0 fully saturated rings. The Hall–Kier alpha value is -4.54. The van der Waals surface area contributed by atoms with Crippen LogP contribution in [0.5, 0.6) is 0 Å². The van der Waals surface area contributed by atoms with Crippen molar-refractivity contribution in [3.05, 3.63) is 122 Å². The molecule has 5 atom stereocenters. The van der Waals surface area contributed by atoms with Crippen molar-refractivity contribution >= 4 is 39.5 Å². The summed E-state index contributed by atoms with van der Waals surface area (Å²) in [7, 11) is -9.98. The average Bonchev–Trinajstić information content (AvgIpc) is 0.918. The zero-order valence-electron chi connectivity index (χ0n) is 65.4. The van der Waals surface area contributed by atoms with Gasteiger partial charge >= 0.3 is 39.5 Å². The van der Waals surface area contributed by atoms with Crippen molar-refractivity contribution in [3.8, 4) is 0 Å². The van der Waals surface area contributed by atoms with Gasteiger partial charge < -0.3 is 33.8 Å². The van der Waals surface area contributed by atoms with E-state index < -0.39 is 97.5 Å². The van der Waals surface area contributed by atoms with Gasteiger partial charge in [0.25, 0.3) is 0 Å². The molecule has 0 aromatic heterocycles. The molecule has 0 aliphatic carbocycles. The number of aliphatic hydroxyl groups excluding tert-OH is 1. The zero-order valence-corrected chi connectivity index (χ0v) is 67.2. The predicted octanol–water partition coefficient (Wildman–Crippen LogP) is 23.9. The van der Waals surface area contributed by atoms with Crippen LogP contribution in [-0.4, -0.2) is 96.7 Å². The van der Waals surface area contributed by atoms with Crippen LogP contribution in [0.3, 0.4) is 0 Å². The van der Waals surface area contributed by atoms with Crippen molar-refractivity contribution in [1.29, 1.82) is 0 Å². The van der Waals surface area contributed by atoms with Crippen LogP contribution >= 0.6 is 15.6 Å². The molecule has 0 saturated heterocycles. The third-order valence-corrected chi connectivity index (χ3v) is 18.8. The van der Waals surface area contributed by atoms with Gasteiger partial charge in [-0.25, -0.2) is 9.13 Å². The van der Waals surface area contributed by atoms with Crippen molar-refractivity contribution in [1.82, 2.24) is 0 Å². The van der Waals surface area contributed by atoms with E-state index in [9.17, 15) is 43.2 Å². The minimum absolute atomic E-state index is 0.0690. The number of allylic oxidation sites excluding steroid dienone is 20. The third kappa shape index (κ3) is 75.7. The third-order valence-electron chi connectivity index (χ3n) is 16.9. The Kier molecular flexibility index (Phi) is 73.3. The Balaban J connectivity index is 5.41. The SMILES string of the molecule is CC/C=C\C/C=C\C/C=C\C/C=C\C/C=C\CCCCCC(=O)OC[C@H](COP(=O)(O)OC[C@@H](O)COP(=O)(O)OC[C@@H](COC(=O)CCCCCCC/C=C\C/C=C\CCCCC)OC(=O)CCCCCCCCC/C=C\CCCCCC)OC(=O)CCCCCCC/C=C\C/C=C\CCCCC. The van der Waals surface area contributed by atoms with Crippen LogP contribution in [0.1, 0.15) is 336 Å². The molecule has 2 unspecified atom stereocenters. The minimum atomic E-state index is -4.99. The molecule has 0 spiro atoms. The highest BCUT2D eigenvalue weighted by molar-refractivity contribution is 7.47. The van der Waals surface area contributed by atoms with Gasteiger partial charge in [0, 0.05) is 25.7 Å². The molecule has 0 aliphatic heterocycles. The van der Waals surface area contributed by atoms with Gasteiger partial charge in [-0.2, -0.15) is 0 Å². The summed E-state index contributed by atoms with van der Waals surface area (Å²) in [5, 5.41) is 10.6. The number of phosphoric ester groups is 2. The van der Waals surface area contributed by atoms with E-state index in [1.165, 1.54) is 64.2 Å². The van der Waals surface area contributed by atoms with Crippen molar-refractivity contribution in [3.63, 3.8) is 0 Å². The second kappa shape index (κ2) is 76.6. The molecule has 598 valence electrons. The average molecular weight is 1500 g/mol. The Bertz CT molecular complexity index is 2440. The Morgan fingerprint density at radius 2 is 0.500 bits per heavy atom.